The number of benzene rings is 1. The van der Waals surface area contributed by atoms with Gasteiger partial charge in [-0.2, -0.15) is 0 Å². The molecule has 0 atom stereocenters. The van der Waals surface area contributed by atoms with Crippen molar-refractivity contribution in [1.29, 1.82) is 0 Å². The normalized spacial score (nSPS) is 16.8. The number of piperidine rings is 1. The first kappa shape index (κ1) is 16.6. The SMILES string of the molecule is Cc1cc(CN2CCC(Cc3cc(Cl)c(Cl)cc3O)CC2)no1. The number of aromatic nitrogens is 1. The highest BCUT2D eigenvalue weighted by atomic mass is 35.5. The highest BCUT2D eigenvalue weighted by Crippen LogP contribution is 2.33. The van der Waals surface area contributed by atoms with Crippen LogP contribution in [0.3, 0.4) is 0 Å². The van der Waals surface area contributed by atoms with Crippen molar-refractivity contribution in [3.8, 4) is 5.75 Å². The number of rotatable bonds is 4. The Morgan fingerprint density at radius 3 is 2.57 bits per heavy atom. The van der Waals surface area contributed by atoms with Gasteiger partial charge in [0.05, 0.1) is 15.7 Å². The second kappa shape index (κ2) is 7.12. The number of nitrogens with zero attached hydrogens (tertiary/aromatic N) is 2. The number of likely N-dealkylation sites (tertiary alicyclic amines) is 1. The number of aryl methyl sites for hydroxylation is 1. The average Bonchev–Trinajstić information content (AvgIpc) is 2.92. The molecular formula is C17H20Cl2N2O2. The minimum absolute atomic E-state index is 0.236. The first-order chi connectivity index (χ1) is 11.0. The zero-order valence-electron chi connectivity index (χ0n) is 13.1. The third kappa shape index (κ3) is 4.19. The van der Waals surface area contributed by atoms with Crippen LogP contribution in [0.4, 0.5) is 0 Å². The van der Waals surface area contributed by atoms with Crippen LogP contribution >= 0.6 is 23.2 Å². The number of hydrogen-bond acceptors (Lipinski definition) is 4. The molecule has 0 spiro atoms. The molecule has 0 aliphatic carbocycles. The summed E-state index contributed by atoms with van der Waals surface area (Å²) < 4.78 is 5.11. The van der Waals surface area contributed by atoms with E-state index in [1.165, 1.54) is 6.07 Å². The summed E-state index contributed by atoms with van der Waals surface area (Å²) in [6.07, 6.45) is 3.02. The fourth-order valence-corrected chi connectivity index (χ4v) is 3.47. The van der Waals surface area contributed by atoms with Crippen LogP contribution in [0.25, 0.3) is 0 Å². The predicted molar refractivity (Wildman–Crippen MR) is 91.1 cm³/mol. The van der Waals surface area contributed by atoms with Crippen LogP contribution in [-0.2, 0) is 13.0 Å². The summed E-state index contributed by atoms with van der Waals surface area (Å²) in [7, 11) is 0. The lowest BCUT2D eigenvalue weighted by Gasteiger charge is -2.31. The van der Waals surface area contributed by atoms with E-state index in [0.29, 0.717) is 16.0 Å². The molecule has 1 aromatic carbocycles. The van der Waals surface area contributed by atoms with E-state index in [0.717, 1.165) is 55.9 Å². The second-order valence-corrected chi connectivity index (χ2v) is 7.06. The summed E-state index contributed by atoms with van der Waals surface area (Å²) >= 11 is 12.0. The lowest BCUT2D eigenvalue weighted by molar-refractivity contribution is 0.172. The molecule has 1 aromatic heterocycles. The predicted octanol–water partition coefficient (Wildman–Crippen LogP) is 4.45. The molecule has 23 heavy (non-hydrogen) atoms. The van der Waals surface area contributed by atoms with Gasteiger partial charge in [0.2, 0.25) is 0 Å². The Labute approximate surface area is 146 Å². The maximum absolute atomic E-state index is 10.0. The summed E-state index contributed by atoms with van der Waals surface area (Å²) in [4.78, 5) is 2.39. The van der Waals surface area contributed by atoms with E-state index in [2.05, 4.69) is 10.1 Å². The molecule has 3 rings (SSSR count). The van der Waals surface area contributed by atoms with E-state index in [1.807, 2.05) is 13.0 Å². The quantitative estimate of drug-likeness (QED) is 0.880. The van der Waals surface area contributed by atoms with Crippen molar-refractivity contribution in [1.82, 2.24) is 10.1 Å². The van der Waals surface area contributed by atoms with Gasteiger partial charge in [-0.1, -0.05) is 28.4 Å². The van der Waals surface area contributed by atoms with E-state index in [1.54, 1.807) is 6.07 Å². The zero-order valence-corrected chi connectivity index (χ0v) is 14.6. The average molecular weight is 355 g/mol. The van der Waals surface area contributed by atoms with Gasteiger partial charge in [0, 0.05) is 18.7 Å². The highest BCUT2D eigenvalue weighted by molar-refractivity contribution is 6.42. The smallest absolute Gasteiger partial charge is 0.133 e. The van der Waals surface area contributed by atoms with Crippen LogP contribution in [0, 0.1) is 12.8 Å². The van der Waals surface area contributed by atoms with Crippen LogP contribution in [0.15, 0.2) is 22.7 Å². The molecule has 2 heterocycles. The minimum atomic E-state index is 0.236. The minimum Gasteiger partial charge on any atom is -0.508 e. The molecule has 1 saturated heterocycles. The van der Waals surface area contributed by atoms with Gasteiger partial charge in [-0.25, -0.2) is 0 Å². The molecule has 0 radical (unpaired) electrons. The molecule has 1 fully saturated rings. The van der Waals surface area contributed by atoms with Crippen LogP contribution in [0.5, 0.6) is 5.75 Å². The third-order valence-electron chi connectivity index (χ3n) is 4.40. The second-order valence-electron chi connectivity index (χ2n) is 6.25. The van der Waals surface area contributed by atoms with Crippen molar-refractivity contribution >= 4 is 23.2 Å². The van der Waals surface area contributed by atoms with Gasteiger partial charge in [0.15, 0.2) is 0 Å². The van der Waals surface area contributed by atoms with Gasteiger partial charge < -0.3 is 9.63 Å². The summed E-state index contributed by atoms with van der Waals surface area (Å²) in [6.45, 7) is 4.80. The molecule has 4 nitrogen and oxygen atoms in total. The van der Waals surface area contributed by atoms with Gasteiger partial charge in [0.25, 0.3) is 0 Å². The van der Waals surface area contributed by atoms with Crippen molar-refractivity contribution in [2.24, 2.45) is 5.92 Å². The van der Waals surface area contributed by atoms with Crippen LogP contribution in [0.2, 0.25) is 10.0 Å². The van der Waals surface area contributed by atoms with Gasteiger partial charge in [0.1, 0.15) is 11.5 Å². The fourth-order valence-electron chi connectivity index (χ4n) is 3.12. The van der Waals surface area contributed by atoms with E-state index >= 15 is 0 Å². The Morgan fingerprint density at radius 2 is 1.91 bits per heavy atom. The van der Waals surface area contributed by atoms with E-state index < -0.39 is 0 Å². The number of halogens is 2. The summed E-state index contributed by atoms with van der Waals surface area (Å²) in [5.74, 6) is 1.64. The monoisotopic (exact) mass is 354 g/mol. The Hall–Kier alpha value is -1.23. The maximum Gasteiger partial charge on any atom is 0.133 e. The number of phenolic OH excluding ortho intramolecular Hbond substituents is 1. The van der Waals surface area contributed by atoms with E-state index in [4.69, 9.17) is 27.7 Å². The van der Waals surface area contributed by atoms with Crippen LogP contribution in [0.1, 0.15) is 29.9 Å². The molecule has 1 aliphatic heterocycles. The van der Waals surface area contributed by atoms with Crippen molar-refractivity contribution in [3.05, 3.63) is 45.3 Å². The van der Waals surface area contributed by atoms with Crippen molar-refractivity contribution < 1.29 is 9.63 Å². The number of phenols is 1. The first-order valence-corrected chi connectivity index (χ1v) is 8.58. The Morgan fingerprint density at radius 1 is 1.22 bits per heavy atom. The topological polar surface area (TPSA) is 49.5 Å². The van der Waals surface area contributed by atoms with Gasteiger partial charge >= 0.3 is 0 Å². The number of hydrogen-bond donors (Lipinski definition) is 1. The van der Waals surface area contributed by atoms with Crippen molar-refractivity contribution in [2.45, 2.75) is 32.7 Å². The van der Waals surface area contributed by atoms with Crippen molar-refractivity contribution in [2.75, 3.05) is 13.1 Å². The molecule has 1 aliphatic rings. The molecule has 1 N–H and O–H groups in total. The fraction of sp³-hybridized carbons (Fsp3) is 0.471. The Bertz CT molecular complexity index is 679. The summed E-state index contributed by atoms with van der Waals surface area (Å²) in [6, 6.07) is 5.30. The molecule has 0 unspecified atom stereocenters. The number of aromatic hydroxyl groups is 1. The third-order valence-corrected chi connectivity index (χ3v) is 5.12. The molecule has 2 aromatic rings. The van der Waals surface area contributed by atoms with E-state index in [-0.39, 0.29) is 5.75 Å². The van der Waals surface area contributed by atoms with Crippen molar-refractivity contribution in [3.63, 3.8) is 0 Å². The van der Waals surface area contributed by atoms with Gasteiger partial charge in [-0.3, -0.25) is 4.90 Å². The highest BCUT2D eigenvalue weighted by Gasteiger charge is 2.21. The van der Waals surface area contributed by atoms with E-state index in [9.17, 15) is 5.11 Å². The largest absolute Gasteiger partial charge is 0.508 e. The molecule has 0 bridgehead atoms. The summed E-state index contributed by atoms with van der Waals surface area (Å²) in [5.41, 5.74) is 1.87. The molecule has 6 heteroatoms. The molecule has 0 saturated carbocycles. The zero-order chi connectivity index (χ0) is 16.4. The molecule has 0 amide bonds. The Balaban J connectivity index is 1.54. The van der Waals surface area contributed by atoms with Gasteiger partial charge in [-0.05, 0) is 56.8 Å². The summed E-state index contributed by atoms with van der Waals surface area (Å²) in [5, 5.41) is 15.0. The lowest BCUT2D eigenvalue weighted by atomic mass is 9.90. The molecular weight excluding hydrogens is 335 g/mol. The standard InChI is InChI=1S/C17H20Cl2N2O2/c1-11-6-14(20-23-11)10-21-4-2-12(3-5-21)7-13-8-15(18)16(19)9-17(13)22/h6,8-9,12,22H,2-5,7,10H2,1H3. The first-order valence-electron chi connectivity index (χ1n) is 7.82. The molecule has 124 valence electrons. The lowest BCUT2D eigenvalue weighted by Crippen LogP contribution is -2.33. The maximum atomic E-state index is 10.0. The van der Waals surface area contributed by atoms with Gasteiger partial charge in [-0.15, -0.1) is 0 Å². The van der Waals surface area contributed by atoms with Crippen LogP contribution in [-0.4, -0.2) is 28.3 Å². The van der Waals surface area contributed by atoms with Crippen LogP contribution < -0.4 is 0 Å². The Kier molecular flexibility index (Phi) is 5.14.